The van der Waals surface area contributed by atoms with Crippen molar-refractivity contribution in [2.24, 2.45) is 0 Å². The number of anilines is 1. The topological polar surface area (TPSA) is 90.3 Å². The number of ether oxygens (including phenoxy) is 1. The molecule has 0 radical (unpaired) electrons. The summed E-state index contributed by atoms with van der Waals surface area (Å²) in [5.74, 6) is -0.548. The van der Waals surface area contributed by atoms with E-state index < -0.39 is 21.6 Å². The van der Waals surface area contributed by atoms with Gasteiger partial charge >= 0.3 is 0 Å². The molecule has 0 unspecified atom stereocenters. The third kappa shape index (κ3) is 4.14. The number of carbonyl (C=O) groups excluding carboxylic acids is 1. The van der Waals surface area contributed by atoms with Gasteiger partial charge in [-0.05, 0) is 43.3 Å². The molecule has 29 heavy (non-hydrogen) atoms. The maximum atomic E-state index is 13.0. The quantitative estimate of drug-likeness (QED) is 0.692. The van der Waals surface area contributed by atoms with E-state index in [9.17, 15) is 17.6 Å². The standard InChI is InChI=1S/C20H18FN3O4S/c1-13-2-6-15(7-3-13)24-20(17-11-29(26,27)12-18(17)23-24)22-19(25)10-28-16-8-4-14(21)5-9-16/h2-9H,10-12H2,1H3,(H,22,25). The molecule has 0 bridgehead atoms. The van der Waals surface area contributed by atoms with Crippen LogP contribution in [-0.4, -0.2) is 30.7 Å². The third-order valence-electron chi connectivity index (χ3n) is 4.51. The molecule has 1 aliphatic heterocycles. The highest BCUT2D eigenvalue weighted by molar-refractivity contribution is 7.90. The predicted molar refractivity (Wildman–Crippen MR) is 105 cm³/mol. The predicted octanol–water partition coefficient (Wildman–Crippen LogP) is 2.77. The number of rotatable bonds is 5. The first-order valence-corrected chi connectivity index (χ1v) is 10.7. The summed E-state index contributed by atoms with van der Waals surface area (Å²) in [7, 11) is -3.28. The Labute approximate surface area is 167 Å². The number of fused-ring (bicyclic) bond motifs is 1. The number of nitrogens with one attached hydrogen (secondary N) is 1. The van der Waals surface area contributed by atoms with E-state index in [2.05, 4.69) is 10.4 Å². The van der Waals surface area contributed by atoms with Crippen molar-refractivity contribution in [2.75, 3.05) is 11.9 Å². The van der Waals surface area contributed by atoms with E-state index in [0.717, 1.165) is 5.56 Å². The van der Waals surface area contributed by atoms with Gasteiger partial charge in [0.15, 0.2) is 16.4 Å². The van der Waals surface area contributed by atoms with Crippen LogP contribution in [0, 0.1) is 12.7 Å². The van der Waals surface area contributed by atoms with Crippen LogP contribution in [0.25, 0.3) is 5.69 Å². The van der Waals surface area contributed by atoms with Crippen molar-refractivity contribution >= 4 is 21.6 Å². The van der Waals surface area contributed by atoms with Crippen molar-refractivity contribution < 1.29 is 22.3 Å². The average Bonchev–Trinajstić information content (AvgIpc) is 3.14. The number of sulfone groups is 1. The summed E-state index contributed by atoms with van der Waals surface area (Å²) in [5, 5.41) is 7.13. The Balaban J connectivity index is 1.59. The molecule has 1 aromatic heterocycles. The summed E-state index contributed by atoms with van der Waals surface area (Å²) < 4.78 is 43.9. The molecule has 0 spiro atoms. The highest BCUT2D eigenvalue weighted by atomic mass is 32.2. The van der Waals surface area contributed by atoms with Crippen LogP contribution in [0.1, 0.15) is 16.8 Å². The van der Waals surface area contributed by atoms with Gasteiger partial charge in [0.25, 0.3) is 5.91 Å². The lowest BCUT2D eigenvalue weighted by Crippen LogP contribution is -2.22. The van der Waals surface area contributed by atoms with E-state index in [1.165, 1.54) is 28.9 Å². The van der Waals surface area contributed by atoms with Crippen molar-refractivity contribution in [2.45, 2.75) is 18.4 Å². The number of benzene rings is 2. The summed E-state index contributed by atoms with van der Waals surface area (Å²) >= 11 is 0. The minimum atomic E-state index is -3.28. The molecular formula is C20H18FN3O4S. The first-order valence-electron chi connectivity index (χ1n) is 8.87. The maximum absolute atomic E-state index is 13.0. The van der Waals surface area contributed by atoms with Crippen LogP contribution in [0.2, 0.25) is 0 Å². The van der Waals surface area contributed by atoms with Crippen LogP contribution in [0.15, 0.2) is 48.5 Å². The monoisotopic (exact) mass is 415 g/mol. The Hall–Kier alpha value is -3.20. The second-order valence-corrected chi connectivity index (χ2v) is 8.91. The lowest BCUT2D eigenvalue weighted by molar-refractivity contribution is -0.118. The Morgan fingerprint density at radius 1 is 1.14 bits per heavy atom. The number of nitrogens with zero attached hydrogens (tertiary/aromatic N) is 2. The van der Waals surface area contributed by atoms with Crippen molar-refractivity contribution in [1.82, 2.24) is 9.78 Å². The molecular weight excluding hydrogens is 397 g/mol. The molecule has 2 heterocycles. The maximum Gasteiger partial charge on any atom is 0.263 e. The number of amides is 1. The number of carbonyl (C=O) groups is 1. The fraction of sp³-hybridized carbons (Fsp3) is 0.200. The van der Waals surface area contributed by atoms with Crippen LogP contribution in [0.5, 0.6) is 5.75 Å². The molecule has 3 aromatic rings. The zero-order valence-electron chi connectivity index (χ0n) is 15.6. The first kappa shape index (κ1) is 19.1. The van der Waals surface area contributed by atoms with Crippen LogP contribution < -0.4 is 10.1 Å². The van der Waals surface area contributed by atoms with Gasteiger partial charge in [-0.2, -0.15) is 5.10 Å². The Morgan fingerprint density at radius 2 is 1.83 bits per heavy atom. The largest absolute Gasteiger partial charge is 0.484 e. The molecule has 2 aromatic carbocycles. The van der Waals surface area contributed by atoms with Crippen LogP contribution >= 0.6 is 0 Å². The van der Waals surface area contributed by atoms with E-state index in [1.54, 1.807) is 0 Å². The number of halogens is 1. The van der Waals surface area contributed by atoms with Crippen molar-refractivity contribution in [3.8, 4) is 11.4 Å². The third-order valence-corrected chi connectivity index (χ3v) is 5.95. The lowest BCUT2D eigenvalue weighted by atomic mass is 10.2. The zero-order valence-corrected chi connectivity index (χ0v) is 16.4. The molecule has 0 saturated heterocycles. The number of hydrogen-bond acceptors (Lipinski definition) is 5. The molecule has 1 aliphatic rings. The molecule has 9 heteroatoms. The summed E-state index contributed by atoms with van der Waals surface area (Å²) in [5.41, 5.74) is 2.69. The molecule has 0 aliphatic carbocycles. The normalized spacial score (nSPS) is 14.4. The van der Waals surface area contributed by atoms with Crippen molar-refractivity contribution in [3.05, 3.63) is 71.2 Å². The summed E-state index contributed by atoms with van der Waals surface area (Å²) in [6.07, 6.45) is 0. The summed E-state index contributed by atoms with van der Waals surface area (Å²) in [6.45, 7) is 1.64. The van der Waals surface area contributed by atoms with E-state index >= 15 is 0 Å². The van der Waals surface area contributed by atoms with Crippen LogP contribution in [-0.2, 0) is 26.1 Å². The molecule has 150 valence electrons. The number of hydrogen-bond donors (Lipinski definition) is 1. The average molecular weight is 415 g/mol. The smallest absolute Gasteiger partial charge is 0.263 e. The minimum absolute atomic E-state index is 0.157. The van der Waals surface area contributed by atoms with E-state index in [-0.39, 0.29) is 18.1 Å². The molecule has 4 rings (SSSR count). The molecule has 1 N–H and O–H groups in total. The Kier molecular flexibility index (Phi) is 4.83. The van der Waals surface area contributed by atoms with Crippen molar-refractivity contribution in [1.29, 1.82) is 0 Å². The van der Waals surface area contributed by atoms with Gasteiger partial charge in [0, 0.05) is 5.56 Å². The van der Waals surface area contributed by atoms with Crippen LogP contribution in [0.4, 0.5) is 10.2 Å². The molecule has 1 amide bonds. The fourth-order valence-corrected chi connectivity index (χ4v) is 4.59. The van der Waals surface area contributed by atoms with E-state index in [1.807, 2.05) is 31.2 Å². The molecule has 0 fully saturated rings. The van der Waals surface area contributed by atoms with Gasteiger partial charge in [0.2, 0.25) is 0 Å². The Bertz CT molecular complexity index is 1170. The van der Waals surface area contributed by atoms with E-state index in [4.69, 9.17) is 4.74 Å². The van der Waals surface area contributed by atoms with Gasteiger partial charge in [0.05, 0.1) is 22.9 Å². The fourth-order valence-electron chi connectivity index (χ4n) is 3.09. The number of aryl methyl sites for hydroxylation is 1. The summed E-state index contributed by atoms with van der Waals surface area (Å²) in [4.78, 5) is 12.4. The van der Waals surface area contributed by atoms with Crippen molar-refractivity contribution in [3.63, 3.8) is 0 Å². The number of aromatic nitrogens is 2. The summed E-state index contributed by atoms with van der Waals surface area (Å²) in [6, 6.07) is 12.8. The van der Waals surface area contributed by atoms with Gasteiger partial charge in [0.1, 0.15) is 17.4 Å². The second-order valence-electron chi connectivity index (χ2n) is 6.84. The van der Waals surface area contributed by atoms with Crippen LogP contribution in [0.3, 0.4) is 0 Å². The van der Waals surface area contributed by atoms with E-state index in [0.29, 0.717) is 28.5 Å². The molecule has 0 atom stereocenters. The van der Waals surface area contributed by atoms with Gasteiger partial charge < -0.3 is 10.1 Å². The SMILES string of the molecule is Cc1ccc(-n2nc3c(c2NC(=O)COc2ccc(F)cc2)CS(=O)(=O)C3)cc1. The molecule has 0 saturated carbocycles. The first-order chi connectivity index (χ1) is 13.8. The lowest BCUT2D eigenvalue weighted by Gasteiger charge is -2.12. The highest BCUT2D eigenvalue weighted by Crippen LogP contribution is 2.33. The van der Waals surface area contributed by atoms with Gasteiger partial charge in [-0.25, -0.2) is 17.5 Å². The van der Waals surface area contributed by atoms with Gasteiger partial charge in [-0.3, -0.25) is 4.79 Å². The second kappa shape index (κ2) is 7.32. The van der Waals surface area contributed by atoms with Gasteiger partial charge in [-0.1, -0.05) is 17.7 Å². The van der Waals surface area contributed by atoms with Gasteiger partial charge in [-0.15, -0.1) is 0 Å². The molecule has 7 nitrogen and oxygen atoms in total. The highest BCUT2D eigenvalue weighted by Gasteiger charge is 2.33. The zero-order chi connectivity index (χ0) is 20.6. The minimum Gasteiger partial charge on any atom is -0.484 e. The Morgan fingerprint density at radius 3 is 2.52 bits per heavy atom.